The number of aromatic nitrogens is 1. The van der Waals surface area contributed by atoms with Crippen molar-refractivity contribution in [3.8, 4) is 23.3 Å². The number of anilines is 1. The number of methoxy groups -OCH3 is 3. The maximum atomic E-state index is 9.17. The predicted molar refractivity (Wildman–Crippen MR) is 75.7 cm³/mol. The summed E-state index contributed by atoms with van der Waals surface area (Å²) in [6.45, 7) is 0. The van der Waals surface area contributed by atoms with Crippen molar-refractivity contribution in [3.63, 3.8) is 0 Å². The summed E-state index contributed by atoms with van der Waals surface area (Å²) in [6.07, 6.45) is 1.51. The summed E-state index contributed by atoms with van der Waals surface area (Å²) < 4.78 is 16.1. The van der Waals surface area contributed by atoms with E-state index in [0.717, 1.165) is 0 Å². The summed E-state index contributed by atoms with van der Waals surface area (Å²) >= 11 is 0. The molecule has 0 fully saturated rings. The van der Waals surface area contributed by atoms with E-state index in [2.05, 4.69) is 16.4 Å². The Morgan fingerprint density at radius 1 is 1.15 bits per heavy atom. The van der Waals surface area contributed by atoms with Gasteiger partial charge in [0, 0.05) is 19.3 Å². The predicted octanol–water partition coefficient (Wildman–Crippen LogP) is 2.17. The summed E-state index contributed by atoms with van der Waals surface area (Å²) in [5.41, 5.74) is 1.74. The summed E-state index contributed by atoms with van der Waals surface area (Å²) in [5.74, 6) is 1.47. The van der Waals surface area contributed by atoms with Gasteiger partial charge in [0.15, 0.2) is 11.5 Å². The maximum absolute atomic E-state index is 9.17. The Kier molecular flexibility index (Phi) is 3.80. The Morgan fingerprint density at radius 3 is 2.35 bits per heavy atom. The van der Waals surface area contributed by atoms with Crippen molar-refractivity contribution in [1.82, 2.24) is 4.98 Å². The van der Waals surface area contributed by atoms with Crippen LogP contribution < -0.4 is 19.5 Å². The molecule has 0 saturated heterocycles. The molecule has 1 aromatic heterocycles. The van der Waals surface area contributed by atoms with Crippen molar-refractivity contribution in [2.24, 2.45) is 0 Å². The summed E-state index contributed by atoms with van der Waals surface area (Å²) in [6, 6.07) is 3.85. The number of nitriles is 1. The van der Waals surface area contributed by atoms with Gasteiger partial charge in [-0.25, -0.2) is 0 Å². The number of nitrogens with zero attached hydrogens (tertiary/aromatic N) is 2. The van der Waals surface area contributed by atoms with Crippen LogP contribution in [0.4, 0.5) is 5.69 Å². The van der Waals surface area contributed by atoms with E-state index in [1.54, 1.807) is 20.2 Å². The molecule has 104 valence electrons. The standard InChI is InChI=1S/C14H15N3O3/c1-16-12-8(6-15)7-17-9-5-10(18-2)13(19-3)14(20-4)11(9)12/h5,7H,1-4H3,(H,16,17). The lowest BCUT2D eigenvalue weighted by Crippen LogP contribution is -2.01. The molecule has 1 N–H and O–H groups in total. The number of nitrogens with one attached hydrogen (secondary N) is 1. The van der Waals surface area contributed by atoms with Gasteiger partial charge in [-0.1, -0.05) is 0 Å². The molecule has 0 aliphatic carbocycles. The van der Waals surface area contributed by atoms with Crippen LogP contribution in [-0.4, -0.2) is 33.4 Å². The third-order valence-electron chi connectivity index (χ3n) is 3.03. The van der Waals surface area contributed by atoms with Gasteiger partial charge in [0.25, 0.3) is 0 Å². The van der Waals surface area contributed by atoms with Crippen LogP contribution in [0.5, 0.6) is 17.2 Å². The average molecular weight is 273 g/mol. The minimum atomic E-state index is 0.436. The fourth-order valence-corrected chi connectivity index (χ4v) is 2.16. The monoisotopic (exact) mass is 273 g/mol. The molecule has 1 heterocycles. The quantitative estimate of drug-likeness (QED) is 0.920. The Morgan fingerprint density at radius 2 is 1.85 bits per heavy atom. The van der Waals surface area contributed by atoms with Crippen LogP contribution in [0.3, 0.4) is 0 Å². The first kappa shape index (κ1) is 13.7. The summed E-state index contributed by atoms with van der Waals surface area (Å²) in [4.78, 5) is 4.28. The van der Waals surface area contributed by atoms with E-state index in [0.29, 0.717) is 39.4 Å². The topological polar surface area (TPSA) is 76.4 Å². The Labute approximate surface area is 116 Å². The highest BCUT2D eigenvalue weighted by molar-refractivity contribution is 6.01. The largest absolute Gasteiger partial charge is 0.493 e. The van der Waals surface area contributed by atoms with Gasteiger partial charge < -0.3 is 19.5 Å². The van der Waals surface area contributed by atoms with Crippen LogP contribution in [0.15, 0.2) is 12.3 Å². The van der Waals surface area contributed by atoms with Gasteiger partial charge in [0.1, 0.15) is 6.07 Å². The molecule has 0 bridgehead atoms. The highest BCUT2D eigenvalue weighted by atomic mass is 16.5. The molecule has 0 amide bonds. The van der Waals surface area contributed by atoms with E-state index >= 15 is 0 Å². The highest BCUT2D eigenvalue weighted by Crippen LogP contribution is 2.45. The van der Waals surface area contributed by atoms with Gasteiger partial charge in [-0.3, -0.25) is 4.98 Å². The molecule has 0 aliphatic rings. The van der Waals surface area contributed by atoms with E-state index in [1.807, 2.05) is 0 Å². The van der Waals surface area contributed by atoms with Crippen LogP contribution in [0.2, 0.25) is 0 Å². The Bertz CT molecular complexity index is 692. The molecule has 0 spiro atoms. The zero-order valence-corrected chi connectivity index (χ0v) is 11.8. The number of benzene rings is 1. The van der Waals surface area contributed by atoms with Gasteiger partial charge in [0.2, 0.25) is 5.75 Å². The van der Waals surface area contributed by atoms with E-state index in [4.69, 9.17) is 14.2 Å². The van der Waals surface area contributed by atoms with Crippen LogP contribution in [-0.2, 0) is 0 Å². The number of hydrogen-bond donors (Lipinski definition) is 1. The molecule has 0 saturated carbocycles. The van der Waals surface area contributed by atoms with Crippen molar-refractivity contribution < 1.29 is 14.2 Å². The molecular formula is C14H15N3O3. The second kappa shape index (κ2) is 5.53. The molecule has 1 aromatic carbocycles. The number of hydrogen-bond acceptors (Lipinski definition) is 6. The van der Waals surface area contributed by atoms with Gasteiger partial charge >= 0.3 is 0 Å². The molecule has 0 unspecified atom stereocenters. The fraction of sp³-hybridized carbons (Fsp3) is 0.286. The van der Waals surface area contributed by atoms with Crippen molar-refractivity contribution in [2.45, 2.75) is 0 Å². The molecule has 6 nitrogen and oxygen atoms in total. The van der Waals surface area contributed by atoms with Crippen LogP contribution in [0, 0.1) is 11.3 Å². The van der Waals surface area contributed by atoms with E-state index in [-0.39, 0.29) is 0 Å². The van der Waals surface area contributed by atoms with Crippen molar-refractivity contribution in [3.05, 3.63) is 17.8 Å². The third kappa shape index (κ3) is 1.93. The third-order valence-corrected chi connectivity index (χ3v) is 3.03. The normalized spacial score (nSPS) is 9.95. The molecular weight excluding hydrogens is 258 g/mol. The van der Waals surface area contributed by atoms with E-state index in [9.17, 15) is 5.26 Å². The summed E-state index contributed by atoms with van der Waals surface area (Å²) in [5, 5.41) is 12.9. The summed E-state index contributed by atoms with van der Waals surface area (Å²) in [7, 11) is 6.36. The average Bonchev–Trinajstić information content (AvgIpc) is 2.51. The number of ether oxygens (including phenoxy) is 3. The van der Waals surface area contributed by atoms with Crippen LogP contribution >= 0.6 is 0 Å². The molecule has 0 radical (unpaired) electrons. The molecule has 20 heavy (non-hydrogen) atoms. The first-order chi connectivity index (χ1) is 9.71. The SMILES string of the molecule is CNc1c(C#N)cnc2cc(OC)c(OC)c(OC)c12. The zero-order valence-electron chi connectivity index (χ0n) is 11.8. The number of rotatable bonds is 4. The Balaban J connectivity index is 2.97. The lowest BCUT2D eigenvalue weighted by Gasteiger charge is -2.17. The Hall–Kier alpha value is -2.68. The zero-order chi connectivity index (χ0) is 14.7. The van der Waals surface area contributed by atoms with E-state index in [1.165, 1.54) is 20.4 Å². The minimum Gasteiger partial charge on any atom is -0.493 e. The number of pyridine rings is 1. The smallest absolute Gasteiger partial charge is 0.204 e. The van der Waals surface area contributed by atoms with Gasteiger partial charge in [0.05, 0.1) is 43.5 Å². The van der Waals surface area contributed by atoms with E-state index < -0.39 is 0 Å². The van der Waals surface area contributed by atoms with Crippen LogP contribution in [0.25, 0.3) is 10.9 Å². The van der Waals surface area contributed by atoms with Gasteiger partial charge in [-0.2, -0.15) is 5.26 Å². The van der Waals surface area contributed by atoms with Gasteiger partial charge in [-0.05, 0) is 0 Å². The highest BCUT2D eigenvalue weighted by Gasteiger charge is 2.20. The number of fused-ring (bicyclic) bond motifs is 1. The lowest BCUT2D eigenvalue weighted by molar-refractivity contribution is 0.327. The molecule has 2 rings (SSSR count). The fourth-order valence-electron chi connectivity index (χ4n) is 2.16. The minimum absolute atomic E-state index is 0.436. The van der Waals surface area contributed by atoms with Crippen molar-refractivity contribution in [1.29, 1.82) is 5.26 Å². The van der Waals surface area contributed by atoms with Crippen LogP contribution in [0.1, 0.15) is 5.56 Å². The molecule has 0 aliphatic heterocycles. The molecule has 6 heteroatoms. The van der Waals surface area contributed by atoms with Crippen molar-refractivity contribution >= 4 is 16.6 Å². The second-order valence-corrected chi connectivity index (χ2v) is 3.95. The first-order valence-electron chi connectivity index (χ1n) is 5.91. The molecule has 0 atom stereocenters. The lowest BCUT2D eigenvalue weighted by atomic mass is 10.1. The van der Waals surface area contributed by atoms with Crippen molar-refractivity contribution in [2.75, 3.05) is 33.7 Å². The maximum Gasteiger partial charge on any atom is 0.204 e. The first-order valence-corrected chi connectivity index (χ1v) is 5.91. The van der Waals surface area contributed by atoms with Gasteiger partial charge in [-0.15, -0.1) is 0 Å². The molecule has 2 aromatic rings. The second-order valence-electron chi connectivity index (χ2n) is 3.95.